The van der Waals surface area contributed by atoms with Crippen molar-refractivity contribution in [1.29, 1.82) is 0 Å². The molecule has 1 aromatic carbocycles. The van der Waals surface area contributed by atoms with E-state index in [1.807, 2.05) is 24.3 Å². The zero-order valence-corrected chi connectivity index (χ0v) is 13.8. The van der Waals surface area contributed by atoms with Crippen LogP contribution in [0.5, 0.6) is 11.5 Å². The third-order valence-electron chi connectivity index (χ3n) is 4.14. The average molecular weight is 344 g/mol. The highest BCUT2D eigenvalue weighted by atomic mass is 16.6. The number of nitrogens with one attached hydrogen (secondary N) is 1. The predicted molar refractivity (Wildman–Crippen MR) is 90.0 cm³/mol. The number of benzene rings is 1. The number of carbonyl (C=O) groups is 1. The van der Waals surface area contributed by atoms with Crippen LogP contribution in [0.1, 0.15) is 0 Å². The van der Waals surface area contributed by atoms with E-state index in [4.69, 9.17) is 14.2 Å². The lowest BCUT2D eigenvalue weighted by Crippen LogP contribution is -2.43. The van der Waals surface area contributed by atoms with E-state index in [9.17, 15) is 4.79 Å². The standard InChI is InChI=1S/C17H20N4O4/c22-17(20-5-7-23-8-6-20)19-13-9-18-21(10-13)11-14-12-24-15-3-1-2-4-16(15)25-14/h1-4,9-10,14H,5-8,11-12H2,(H,19,22)/t14-/m1/s1. The van der Waals surface area contributed by atoms with Gasteiger partial charge in [0.1, 0.15) is 6.61 Å². The molecule has 1 N–H and O–H groups in total. The number of hydrogen-bond acceptors (Lipinski definition) is 5. The normalized spacial score (nSPS) is 19.5. The molecule has 0 bridgehead atoms. The van der Waals surface area contributed by atoms with Crippen LogP contribution < -0.4 is 14.8 Å². The van der Waals surface area contributed by atoms with Crippen molar-refractivity contribution in [3.8, 4) is 11.5 Å². The summed E-state index contributed by atoms with van der Waals surface area (Å²) >= 11 is 0. The summed E-state index contributed by atoms with van der Waals surface area (Å²) in [4.78, 5) is 13.9. The highest BCUT2D eigenvalue weighted by Gasteiger charge is 2.22. The Kier molecular flexibility index (Phi) is 4.43. The minimum Gasteiger partial charge on any atom is -0.486 e. The van der Waals surface area contributed by atoms with E-state index in [0.717, 1.165) is 11.5 Å². The van der Waals surface area contributed by atoms with Crippen LogP contribution in [0.15, 0.2) is 36.7 Å². The van der Waals surface area contributed by atoms with Crippen LogP contribution in [0.4, 0.5) is 10.5 Å². The average Bonchev–Trinajstić information content (AvgIpc) is 3.09. The van der Waals surface area contributed by atoms with Gasteiger partial charge < -0.3 is 24.4 Å². The molecule has 2 aromatic rings. The zero-order valence-electron chi connectivity index (χ0n) is 13.8. The fourth-order valence-electron chi connectivity index (χ4n) is 2.86. The minimum absolute atomic E-state index is 0.127. The molecule has 1 saturated heterocycles. The molecule has 4 rings (SSSR count). The Bertz CT molecular complexity index is 742. The van der Waals surface area contributed by atoms with Gasteiger partial charge >= 0.3 is 6.03 Å². The number of anilines is 1. The second-order valence-corrected chi connectivity index (χ2v) is 5.98. The molecule has 1 aromatic heterocycles. The van der Waals surface area contributed by atoms with Gasteiger partial charge in [0.15, 0.2) is 17.6 Å². The number of aromatic nitrogens is 2. The van der Waals surface area contributed by atoms with Gasteiger partial charge in [0.2, 0.25) is 0 Å². The van der Waals surface area contributed by atoms with Gasteiger partial charge in [-0.05, 0) is 12.1 Å². The molecule has 0 radical (unpaired) electrons. The van der Waals surface area contributed by atoms with Crippen molar-refractivity contribution in [3.05, 3.63) is 36.7 Å². The maximum absolute atomic E-state index is 12.2. The lowest BCUT2D eigenvalue weighted by molar-refractivity contribution is 0.0564. The van der Waals surface area contributed by atoms with Crippen molar-refractivity contribution < 1.29 is 19.0 Å². The third-order valence-corrected chi connectivity index (χ3v) is 4.14. The number of amides is 2. The van der Waals surface area contributed by atoms with Crippen LogP contribution >= 0.6 is 0 Å². The van der Waals surface area contributed by atoms with Gasteiger partial charge in [0.05, 0.1) is 31.6 Å². The number of carbonyl (C=O) groups excluding carboxylic acids is 1. The molecule has 3 heterocycles. The van der Waals surface area contributed by atoms with Crippen molar-refractivity contribution in [2.45, 2.75) is 12.6 Å². The van der Waals surface area contributed by atoms with Crippen LogP contribution in [0, 0.1) is 0 Å². The molecule has 0 aliphatic carbocycles. The molecule has 2 aliphatic rings. The van der Waals surface area contributed by atoms with E-state index in [-0.39, 0.29) is 12.1 Å². The monoisotopic (exact) mass is 344 g/mol. The van der Waals surface area contributed by atoms with Gasteiger partial charge in [-0.3, -0.25) is 4.68 Å². The first-order valence-corrected chi connectivity index (χ1v) is 8.32. The van der Waals surface area contributed by atoms with E-state index in [1.165, 1.54) is 0 Å². The molecule has 2 aliphatic heterocycles. The second-order valence-electron chi connectivity index (χ2n) is 5.98. The van der Waals surface area contributed by atoms with E-state index in [2.05, 4.69) is 10.4 Å². The Labute approximate surface area is 145 Å². The Hall–Kier alpha value is -2.74. The van der Waals surface area contributed by atoms with Crippen LogP contribution in [-0.2, 0) is 11.3 Å². The quantitative estimate of drug-likeness (QED) is 0.915. The number of rotatable bonds is 3. The van der Waals surface area contributed by atoms with E-state index in [0.29, 0.717) is 45.1 Å². The van der Waals surface area contributed by atoms with Crippen molar-refractivity contribution in [2.75, 3.05) is 38.2 Å². The van der Waals surface area contributed by atoms with Crippen molar-refractivity contribution in [2.24, 2.45) is 0 Å². The minimum atomic E-state index is -0.131. The van der Waals surface area contributed by atoms with Gasteiger partial charge in [-0.1, -0.05) is 12.1 Å². The molecule has 0 spiro atoms. The van der Waals surface area contributed by atoms with Crippen LogP contribution in [0.3, 0.4) is 0 Å². The topological polar surface area (TPSA) is 77.9 Å². The molecule has 1 fully saturated rings. The molecular weight excluding hydrogens is 324 g/mol. The van der Waals surface area contributed by atoms with Crippen molar-refractivity contribution >= 4 is 11.7 Å². The Morgan fingerprint density at radius 3 is 2.88 bits per heavy atom. The smallest absolute Gasteiger partial charge is 0.322 e. The second kappa shape index (κ2) is 7.02. The largest absolute Gasteiger partial charge is 0.486 e. The van der Waals surface area contributed by atoms with Gasteiger partial charge in [-0.25, -0.2) is 4.79 Å². The summed E-state index contributed by atoms with van der Waals surface area (Å²) in [7, 11) is 0. The molecule has 132 valence electrons. The Morgan fingerprint density at radius 2 is 2.04 bits per heavy atom. The summed E-state index contributed by atoms with van der Waals surface area (Å²) in [6, 6.07) is 7.48. The van der Waals surface area contributed by atoms with Gasteiger partial charge in [0.25, 0.3) is 0 Å². The summed E-state index contributed by atoms with van der Waals surface area (Å²) in [5, 5.41) is 7.15. The van der Waals surface area contributed by atoms with E-state index >= 15 is 0 Å². The lowest BCUT2D eigenvalue weighted by Gasteiger charge is -2.26. The van der Waals surface area contributed by atoms with Crippen LogP contribution in [0.2, 0.25) is 0 Å². The summed E-state index contributed by atoms with van der Waals surface area (Å²) in [6.07, 6.45) is 3.30. The van der Waals surface area contributed by atoms with Crippen LogP contribution in [-0.4, -0.2) is 59.7 Å². The first-order valence-electron chi connectivity index (χ1n) is 8.32. The summed E-state index contributed by atoms with van der Waals surface area (Å²) in [5.41, 5.74) is 0.661. The molecule has 0 saturated carbocycles. The SMILES string of the molecule is O=C(Nc1cnn(C[C@@H]2COc3ccccc3O2)c1)N1CCOCC1. The maximum Gasteiger partial charge on any atom is 0.322 e. The fraction of sp³-hybridized carbons (Fsp3) is 0.412. The molecule has 1 atom stereocenters. The third kappa shape index (κ3) is 3.69. The van der Waals surface area contributed by atoms with Gasteiger partial charge in [-0.2, -0.15) is 5.10 Å². The lowest BCUT2D eigenvalue weighted by atomic mass is 10.2. The summed E-state index contributed by atoms with van der Waals surface area (Å²) in [6.45, 7) is 3.37. The maximum atomic E-state index is 12.2. The Morgan fingerprint density at radius 1 is 1.24 bits per heavy atom. The molecule has 2 amide bonds. The van der Waals surface area contributed by atoms with Gasteiger partial charge in [-0.15, -0.1) is 0 Å². The number of morpholine rings is 1. The van der Waals surface area contributed by atoms with Gasteiger partial charge in [0, 0.05) is 19.3 Å². The zero-order chi connectivity index (χ0) is 17.1. The first kappa shape index (κ1) is 15.8. The molecule has 8 heteroatoms. The first-order chi connectivity index (χ1) is 12.3. The molecule has 25 heavy (non-hydrogen) atoms. The highest BCUT2D eigenvalue weighted by Crippen LogP contribution is 2.31. The number of urea groups is 1. The number of ether oxygens (including phenoxy) is 3. The molecule has 8 nitrogen and oxygen atoms in total. The Balaban J connectivity index is 1.33. The highest BCUT2D eigenvalue weighted by molar-refractivity contribution is 5.89. The van der Waals surface area contributed by atoms with E-state index < -0.39 is 0 Å². The van der Waals surface area contributed by atoms with E-state index in [1.54, 1.807) is 22.0 Å². The van der Waals surface area contributed by atoms with Crippen LogP contribution in [0.25, 0.3) is 0 Å². The molecule has 0 unspecified atom stereocenters. The number of hydrogen-bond donors (Lipinski definition) is 1. The fourth-order valence-corrected chi connectivity index (χ4v) is 2.86. The molecular formula is C17H20N4O4. The number of nitrogens with zero attached hydrogens (tertiary/aromatic N) is 3. The summed E-state index contributed by atoms with van der Waals surface area (Å²) < 4.78 is 18.6. The summed E-state index contributed by atoms with van der Waals surface area (Å²) in [5.74, 6) is 1.50. The van der Waals surface area contributed by atoms with Crippen molar-refractivity contribution in [1.82, 2.24) is 14.7 Å². The number of para-hydroxylation sites is 2. The predicted octanol–water partition coefficient (Wildman–Crippen LogP) is 1.59. The number of fused-ring (bicyclic) bond motifs is 1. The van der Waals surface area contributed by atoms with Crippen molar-refractivity contribution in [3.63, 3.8) is 0 Å².